The van der Waals surface area contributed by atoms with Gasteiger partial charge in [0.25, 0.3) is 5.91 Å². The zero-order valence-electron chi connectivity index (χ0n) is 12.1. The van der Waals surface area contributed by atoms with Crippen LogP contribution in [-0.2, 0) is 15.3 Å². The Bertz CT molecular complexity index is 809. The molecule has 1 saturated heterocycles. The predicted molar refractivity (Wildman–Crippen MR) is 94.5 cm³/mol. The third-order valence-corrected chi connectivity index (χ3v) is 5.29. The number of thiocarbonyl (C=S) groups is 1. The molecule has 24 heavy (non-hydrogen) atoms. The molecule has 1 aliphatic rings. The Morgan fingerprint density at radius 1 is 1.42 bits per heavy atom. The zero-order chi connectivity index (χ0) is 17.1. The van der Waals surface area contributed by atoms with Crippen molar-refractivity contribution in [3.8, 4) is 0 Å². The first-order valence-electron chi connectivity index (χ1n) is 6.75. The Balaban J connectivity index is 1.67. The number of hydrogen-bond donors (Lipinski definition) is 1. The molecule has 0 unspecified atom stereocenters. The van der Waals surface area contributed by atoms with Gasteiger partial charge in [-0.25, -0.2) is 0 Å². The van der Waals surface area contributed by atoms with Crippen molar-refractivity contribution in [3.63, 3.8) is 0 Å². The third-order valence-electron chi connectivity index (χ3n) is 2.98. The SMILES string of the molecule is O=C(O)CN1C(=O)/C(=C/c2ccc(SCc3ccco3)o2)SC1=S. The number of carboxylic acids is 1. The van der Waals surface area contributed by atoms with Gasteiger partial charge < -0.3 is 13.9 Å². The number of aliphatic carboxylic acids is 1. The number of carboxylic acid groups (broad SMARTS) is 1. The van der Waals surface area contributed by atoms with E-state index in [1.807, 2.05) is 12.1 Å². The van der Waals surface area contributed by atoms with Crippen LogP contribution in [-0.4, -0.2) is 32.7 Å². The van der Waals surface area contributed by atoms with Gasteiger partial charge >= 0.3 is 5.97 Å². The van der Waals surface area contributed by atoms with Gasteiger partial charge in [-0.15, -0.1) is 0 Å². The molecule has 1 N–H and O–H groups in total. The highest BCUT2D eigenvalue weighted by molar-refractivity contribution is 8.26. The summed E-state index contributed by atoms with van der Waals surface area (Å²) >= 11 is 7.58. The highest BCUT2D eigenvalue weighted by Crippen LogP contribution is 2.33. The number of hydrogen-bond acceptors (Lipinski definition) is 7. The number of nitrogens with zero attached hydrogens (tertiary/aromatic N) is 1. The minimum atomic E-state index is -1.11. The molecule has 0 aromatic carbocycles. The van der Waals surface area contributed by atoms with Crippen LogP contribution in [0.2, 0.25) is 0 Å². The maximum Gasteiger partial charge on any atom is 0.323 e. The number of carbonyl (C=O) groups excluding carboxylic acids is 1. The van der Waals surface area contributed by atoms with Crippen molar-refractivity contribution in [2.45, 2.75) is 10.8 Å². The van der Waals surface area contributed by atoms with Crippen molar-refractivity contribution in [1.82, 2.24) is 4.90 Å². The molecule has 1 amide bonds. The van der Waals surface area contributed by atoms with Crippen LogP contribution < -0.4 is 0 Å². The second-order valence-corrected chi connectivity index (χ2v) is 7.34. The van der Waals surface area contributed by atoms with E-state index in [0.717, 1.165) is 22.4 Å². The van der Waals surface area contributed by atoms with Crippen LogP contribution in [0.15, 0.2) is 49.4 Å². The van der Waals surface area contributed by atoms with Crippen molar-refractivity contribution >= 4 is 58.0 Å². The zero-order valence-corrected chi connectivity index (χ0v) is 14.6. The van der Waals surface area contributed by atoms with Crippen LogP contribution in [0, 0.1) is 0 Å². The molecule has 3 heterocycles. The number of carbonyl (C=O) groups is 2. The summed E-state index contributed by atoms with van der Waals surface area (Å²) in [6.45, 7) is -0.440. The van der Waals surface area contributed by atoms with Gasteiger partial charge in [0, 0.05) is 6.08 Å². The molecule has 0 aliphatic carbocycles. The van der Waals surface area contributed by atoms with E-state index >= 15 is 0 Å². The molecule has 1 fully saturated rings. The summed E-state index contributed by atoms with van der Waals surface area (Å²) < 4.78 is 11.1. The average Bonchev–Trinajstić information content (AvgIpc) is 3.24. The van der Waals surface area contributed by atoms with E-state index in [0.29, 0.717) is 21.5 Å². The molecule has 9 heteroatoms. The third kappa shape index (κ3) is 3.92. The predicted octanol–water partition coefficient (Wildman–Crippen LogP) is 3.45. The molecule has 0 spiro atoms. The summed E-state index contributed by atoms with van der Waals surface area (Å²) in [7, 11) is 0. The monoisotopic (exact) mass is 381 g/mol. The lowest BCUT2D eigenvalue weighted by Gasteiger charge is -2.09. The van der Waals surface area contributed by atoms with Gasteiger partial charge in [0.2, 0.25) is 0 Å². The van der Waals surface area contributed by atoms with E-state index in [2.05, 4.69) is 0 Å². The highest BCUT2D eigenvalue weighted by Gasteiger charge is 2.33. The van der Waals surface area contributed by atoms with Crippen LogP contribution >= 0.6 is 35.7 Å². The molecular formula is C15H11NO5S3. The molecule has 3 rings (SSSR count). The molecule has 2 aromatic heterocycles. The van der Waals surface area contributed by atoms with Gasteiger partial charge in [-0.2, -0.15) is 0 Å². The molecule has 0 saturated carbocycles. The Morgan fingerprint density at radius 3 is 2.96 bits per heavy atom. The maximum absolute atomic E-state index is 12.2. The lowest BCUT2D eigenvalue weighted by molar-refractivity contribution is -0.140. The fraction of sp³-hybridized carbons (Fsp3) is 0.133. The minimum Gasteiger partial charge on any atom is -0.480 e. The number of rotatable bonds is 6. The minimum absolute atomic E-state index is 0.229. The van der Waals surface area contributed by atoms with Gasteiger partial charge in [-0.1, -0.05) is 35.7 Å². The Kier molecular flexibility index (Phi) is 5.12. The smallest absolute Gasteiger partial charge is 0.323 e. The van der Waals surface area contributed by atoms with Crippen LogP contribution in [0.25, 0.3) is 6.08 Å². The van der Waals surface area contributed by atoms with Crippen molar-refractivity contribution in [1.29, 1.82) is 0 Å². The van der Waals surface area contributed by atoms with E-state index in [1.54, 1.807) is 24.5 Å². The number of thioether (sulfide) groups is 2. The second kappa shape index (κ2) is 7.29. The Morgan fingerprint density at radius 2 is 2.25 bits per heavy atom. The largest absolute Gasteiger partial charge is 0.480 e. The summed E-state index contributed by atoms with van der Waals surface area (Å²) in [4.78, 5) is 24.3. The van der Waals surface area contributed by atoms with Gasteiger partial charge in [0.15, 0.2) is 5.09 Å². The molecular weight excluding hydrogens is 370 g/mol. The van der Waals surface area contributed by atoms with E-state index in [-0.39, 0.29) is 4.32 Å². The summed E-state index contributed by atoms with van der Waals surface area (Å²) in [6.07, 6.45) is 3.18. The number of furan rings is 2. The van der Waals surface area contributed by atoms with Crippen molar-refractivity contribution < 1.29 is 23.5 Å². The molecule has 0 atom stereocenters. The standard InChI is InChI=1S/C15H11NO5S3/c17-12(18)7-16-14(19)11(24-15(16)22)6-9-3-4-13(21-9)23-8-10-2-1-5-20-10/h1-6H,7-8H2,(H,17,18)/b11-6-. The normalized spacial score (nSPS) is 16.3. The van der Waals surface area contributed by atoms with Crippen molar-refractivity contribution in [3.05, 3.63) is 47.0 Å². The molecule has 2 aromatic rings. The quantitative estimate of drug-likeness (QED) is 0.463. The first-order valence-corrected chi connectivity index (χ1v) is 8.96. The van der Waals surface area contributed by atoms with Gasteiger partial charge in [-0.3, -0.25) is 14.5 Å². The summed E-state index contributed by atoms with van der Waals surface area (Å²) in [5, 5.41) is 9.51. The second-order valence-electron chi connectivity index (χ2n) is 4.69. The first-order chi connectivity index (χ1) is 11.5. The van der Waals surface area contributed by atoms with Crippen molar-refractivity contribution in [2.24, 2.45) is 0 Å². The molecule has 124 valence electrons. The average molecular weight is 381 g/mol. The molecule has 0 radical (unpaired) electrons. The Labute approximate surface area is 150 Å². The topological polar surface area (TPSA) is 83.9 Å². The molecule has 0 bridgehead atoms. The summed E-state index contributed by atoms with van der Waals surface area (Å²) in [5.74, 6) is 0.455. The van der Waals surface area contributed by atoms with Crippen molar-refractivity contribution in [2.75, 3.05) is 6.54 Å². The van der Waals surface area contributed by atoms with E-state index in [9.17, 15) is 9.59 Å². The molecule has 6 nitrogen and oxygen atoms in total. The van der Waals surface area contributed by atoms with Crippen LogP contribution in [0.4, 0.5) is 0 Å². The van der Waals surface area contributed by atoms with Crippen LogP contribution in [0.1, 0.15) is 11.5 Å². The number of amides is 1. The van der Waals surface area contributed by atoms with Gasteiger partial charge in [-0.05, 0) is 24.3 Å². The van der Waals surface area contributed by atoms with Gasteiger partial charge in [0.05, 0.1) is 16.9 Å². The molecule has 1 aliphatic heterocycles. The van der Waals surface area contributed by atoms with Crippen LogP contribution in [0.3, 0.4) is 0 Å². The lowest BCUT2D eigenvalue weighted by atomic mass is 10.3. The highest BCUT2D eigenvalue weighted by atomic mass is 32.2. The lowest BCUT2D eigenvalue weighted by Crippen LogP contribution is -2.33. The van der Waals surface area contributed by atoms with E-state index in [4.69, 9.17) is 26.2 Å². The summed E-state index contributed by atoms with van der Waals surface area (Å²) in [6, 6.07) is 7.25. The maximum atomic E-state index is 12.2. The van der Waals surface area contributed by atoms with Crippen LogP contribution in [0.5, 0.6) is 0 Å². The Hall–Kier alpha value is -1.97. The fourth-order valence-electron chi connectivity index (χ4n) is 1.93. The summed E-state index contributed by atoms with van der Waals surface area (Å²) in [5.41, 5.74) is 0. The van der Waals surface area contributed by atoms with E-state index < -0.39 is 18.4 Å². The first kappa shape index (κ1) is 16.9. The van der Waals surface area contributed by atoms with Gasteiger partial charge in [0.1, 0.15) is 22.4 Å². The fourth-order valence-corrected chi connectivity index (χ4v) is 3.93. The van der Waals surface area contributed by atoms with E-state index in [1.165, 1.54) is 11.8 Å².